The lowest BCUT2D eigenvalue weighted by atomic mass is 9.95. The van der Waals surface area contributed by atoms with Crippen molar-refractivity contribution in [1.29, 1.82) is 0 Å². The summed E-state index contributed by atoms with van der Waals surface area (Å²) in [5.74, 6) is 2.33. The van der Waals surface area contributed by atoms with Crippen LogP contribution in [0.5, 0.6) is 0 Å². The molecule has 0 aromatic carbocycles. The number of imidazole rings is 1. The Morgan fingerprint density at radius 2 is 2.19 bits per heavy atom. The molecule has 1 saturated heterocycles. The first-order valence-electron chi connectivity index (χ1n) is 7.87. The quantitative estimate of drug-likeness (QED) is 0.318. The molecule has 0 aliphatic carbocycles. The molecule has 0 radical (unpaired) electrons. The van der Waals surface area contributed by atoms with Crippen LogP contribution in [0, 0.1) is 12.3 Å². The number of H-pyrrole nitrogens is 1. The van der Waals surface area contributed by atoms with Gasteiger partial charge in [-0.15, -0.1) is 6.42 Å². The summed E-state index contributed by atoms with van der Waals surface area (Å²) in [6, 6.07) is -0.952. The molecule has 2 aromatic rings. The SMILES string of the molecule is C#C[C@@H]1O[C@H](Nc2ncnc3nc[nH]c23)[C@@H](O)[C@H](O)[C@H]1NC(=O)CNC. The third-order valence-electron chi connectivity index (χ3n) is 3.98. The summed E-state index contributed by atoms with van der Waals surface area (Å²) in [4.78, 5) is 26.7. The fourth-order valence-corrected chi connectivity index (χ4v) is 2.72. The monoisotopic (exact) mass is 361 g/mol. The number of carbonyl (C=O) groups is 1. The number of nitrogens with one attached hydrogen (secondary N) is 4. The number of aromatic amines is 1. The average molecular weight is 361 g/mol. The maximum atomic E-state index is 11.8. The molecule has 2 aromatic heterocycles. The Morgan fingerprint density at radius 3 is 2.92 bits per heavy atom. The van der Waals surface area contributed by atoms with Crippen LogP contribution in [0.1, 0.15) is 0 Å². The van der Waals surface area contributed by atoms with Crippen LogP contribution in [0.2, 0.25) is 0 Å². The van der Waals surface area contributed by atoms with Crippen molar-refractivity contribution in [2.75, 3.05) is 18.9 Å². The number of aliphatic hydroxyl groups excluding tert-OH is 2. The molecule has 0 bridgehead atoms. The third kappa shape index (κ3) is 3.44. The predicted octanol–water partition coefficient (Wildman–Crippen LogP) is -2.45. The number of hydrogen-bond donors (Lipinski definition) is 6. The van der Waals surface area contributed by atoms with Crippen molar-refractivity contribution in [3.8, 4) is 12.3 Å². The summed E-state index contributed by atoms with van der Waals surface area (Å²) in [6.07, 6.45) is 3.51. The Labute approximate surface area is 148 Å². The van der Waals surface area contributed by atoms with Gasteiger partial charge in [0.25, 0.3) is 0 Å². The van der Waals surface area contributed by atoms with E-state index in [4.69, 9.17) is 11.2 Å². The third-order valence-corrected chi connectivity index (χ3v) is 3.98. The highest BCUT2D eigenvalue weighted by Crippen LogP contribution is 2.24. The van der Waals surface area contributed by atoms with Gasteiger partial charge < -0.3 is 35.9 Å². The van der Waals surface area contributed by atoms with E-state index in [9.17, 15) is 15.0 Å². The second kappa shape index (κ2) is 7.63. The zero-order valence-electron chi connectivity index (χ0n) is 13.9. The highest BCUT2D eigenvalue weighted by molar-refractivity contribution is 5.82. The van der Waals surface area contributed by atoms with E-state index in [1.165, 1.54) is 12.7 Å². The minimum absolute atomic E-state index is 0.0387. The number of terminal acetylenes is 1. The van der Waals surface area contributed by atoms with Gasteiger partial charge in [-0.25, -0.2) is 15.0 Å². The molecule has 3 heterocycles. The molecule has 1 aliphatic rings. The second-order valence-electron chi connectivity index (χ2n) is 5.72. The van der Waals surface area contributed by atoms with Gasteiger partial charge in [0.2, 0.25) is 5.91 Å². The van der Waals surface area contributed by atoms with Gasteiger partial charge in [-0.1, -0.05) is 5.92 Å². The minimum Gasteiger partial charge on any atom is -0.388 e. The number of hydrogen-bond acceptors (Lipinski definition) is 9. The molecule has 0 saturated carbocycles. The fourth-order valence-electron chi connectivity index (χ4n) is 2.72. The van der Waals surface area contributed by atoms with Crippen LogP contribution in [0.15, 0.2) is 12.7 Å². The van der Waals surface area contributed by atoms with Gasteiger partial charge in [0.15, 0.2) is 17.7 Å². The van der Waals surface area contributed by atoms with Crippen molar-refractivity contribution < 1.29 is 19.7 Å². The molecule has 6 N–H and O–H groups in total. The van der Waals surface area contributed by atoms with E-state index in [2.05, 4.69) is 41.8 Å². The average Bonchev–Trinajstić information content (AvgIpc) is 3.11. The number of fused-ring (bicyclic) bond motifs is 1. The molecule has 1 amide bonds. The minimum atomic E-state index is -1.37. The predicted molar refractivity (Wildman–Crippen MR) is 90.7 cm³/mol. The number of aliphatic hydroxyl groups is 2. The molecule has 11 heteroatoms. The van der Waals surface area contributed by atoms with Crippen LogP contribution in [-0.2, 0) is 9.53 Å². The summed E-state index contributed by atoms with van der Waals surface area (Å²) in [7, 11) is 1.61. The molecule has 1 fully saturated rings. The lowest BCUT2D eigenvalue weighted by Gasteiger charge is -2.41. The van der Waals surface area contributed by atoms with Gasteiger partial charge in [-0.2, -0.15) is 0 Å². The largest absolute Gasteiger partial charge is 0.388 e. The summed E-state index contributed by atoms with van der Waals surface area (Å²) < 4.78 is 5.65. The summed E-state index contributed by atoms with van der Waals surface area (Å²) in [5, 5.41) is 29.0. The molecule has 1 aliphatic heterocycles. The molecule has 3 rings (SSSR count). The number of rotatable bonds is 5. The van der Waals surface area contributed by atoms with Crippen LogP contribution in [0.4, 0.5) is 5.82 Å². The number of amides is 1. The van der Waals surface area contributed by atoms with Crippen LogP contribution in [0.3, 0.4) is 0 Å². The van der Waals surface area contributed by atoms with Crippen molar-refractivity contribution >= 4 is 22.9 Å². The smallest absolute Gasteiger partial charge is 0.234 e. The molecule has 26 heavy (non-hydrogen) atoms. The first-order chi connectivity index (χ1) is 12.5. The lowest BCUT2D eigenvalue weighted by molar-refractivity contribution is -0.163. The number of nitrogens with zero attached hydrogens (tertiary/aromatic N) is 3. The second-order valence-corrected chi connectivity index (χ2v) is 5.72. The zero-order valence-corrected chi connectivity index (χ0v) is 13.9. The Balaban J connectivity index is 1.77. The van der Waals surface area contributed by atoms with Gasteiger partial charge in [0.1, 0.15) is 30.2 Å². The zero-order chi connectivity index (χ0) is 18.7. The first kappa shape index (κ1) is 18.0. The fraction of sp³-hybridized carbons (Fsp3) is 0.467. The topological polar surface area (TPSA) is 157 Å². The van der Waals surface area contributed by atoms with E-state index < -0.39 is 30.6 Å². The van der Waals surface area contributed by atoms with E-state index in [1.54, 1.807) is 7.05 Å². The summed E-state index contributed by atoms with van der Waals surface area (Å²) in [6.45, 7) is 0.0387. The van der Waals surface area contributed by atoms with Crippen molar-refractivity contribution in [2.24, 2.45) is 0 Å². The van der Waals surface area contributed by atoms with E-state index >= 15 is 0 Å². The standard InChI is InChI=1S/C15H19N7O4/c1-3-7-9(21-8(23)4-16-2)11(24)12(25)15(26-7)22-14-10-13(18-5-17-10)19-6-20-14/h1,5-7,9,11-12,15-16,24-25H,4H2,2H3,(H,21,23)(H2,17,18,19,20,22)/t7-,9-,11+,12-,15-/m0/s1. The molecule has 11 nitrogen and oxygen atoms in total. The first-order valence-corrected chi connectivity index (χ1v) is 7.87. The van der Waals surface area contributed by atoms with E-state index in [0.29, 0.717) is 17.0 Å². The highest BCUT2D eigenvalue weighted by Gasteiger charge is 2.44. The number of carbonyl (C=O) groups excluding carboxylic acids is 1. The molecule has 0 unspecified atom stereocenters. The van der Waals surface area contributed by atoms with Crippen molar-refractivity contribution in [1.82, 2.24) is 30.6 Å². The van der Waals surface area contributed by atoms with Crippen LogP contribution >= 0.6 is 0 Å². The number of ether oxygens (including phenoxy) is 1. The van der Waals surface area contributed by atoms with Crippen LogP contribution in [-0.4, -0.2) is 80.2 Å². The number of aromatic nitrogens is 4. The Bertz CT molecular complexity index is 820. The van der Waals surface area contributed by atoms with Gasteiger partial charge in [0, 0.05) is 0 Å². The Hall–Kier alpha value is -2.78. The van der Waals surface area contributed by atoms with Gasteiger partial charge >= 0.3 is 0 Å². The van der Waals surface area contributed by atoms with Gasteiger partial charge in [0.05, 0.1) is 18.9 Å². The number of likely N-dealkylation sites (N-methyl/N-ethyl adjacent to an activating group) is 1. The van der Waals surface area contributed by atoms with E-state index in [1.807, 2.05) is 0 Å². The van der Waals surface area contributed by atoms with Gasteiger partial charge in [-0.05, 0) is 7.05 Å². The maximum absolute atomic E-state index is 11.8. The molecule has 138 valence electrons. The van der Waals surface area contributed by atoms with Crippen LogP contribution in [0.25, 0.3) is 11.2 Å². The molecular weight excluding hydrogens is 342 g/mol. The Kier molecular flexibility index (Phi) is 5.29. The van der Waals surface area contributed by atoms with Gasteiger partial charge in [-0.3, -0.25) is 4.79 Å². The highest BCUT2D eigenvalue weighted by atomic mass is 16.5. The van der Waals surface area contributed by atoms with E-state index in [-0.39, 0.29) is 12.5 Å². The normalized spacial score (nSPS) is 28.5. The lowest BCUT2D eigenvalue weighted by Crippen LogP contribution is -2.65. The van der Waals surface area contributed by atoms with E-state index in [0.717, 1.165) is 0 Å². The van der Waals surface area contributed by atoms with Crippen molar-refractivity contribution in [3.63, 3.8) is 0 Å². The van der Waals surface area contributed by atoms with Crippen molar-refractivity contribution in [3.05, 3.63) is 12.7 Å². The molecule has 0 spiro atoms. The summed E-state index contributed by atoms with van der Waals surface area (Å²) in [5.41, 5.74) is 0.943. The molecule has 5 atom stereocenters. The molecular formula is C15H19N7O4. The van der Waals surface area contributed by atoms with Crippen LogP contribution < -0.4 is 16.0 Å². The summed E-state index contributed by atoms with van der Waals surface area (Å²) >= 11 is 0. The van der Waals surface area contributed by atoms with Crippen molar-refractivity contribution in [2.45, 2.75) is 30.6 Å². The number of anilines is 1. The Morgan fingerprint density at radius 1 is 1.38 bits per heavy atom. The maximum Gasteiger partial charge on any atom is 0.234 e.